The molecule has 0 aliphatic rings. The predicted octanol–water partition coefficient (Wildman–Crippen LogP) is 3.84. The fourth-order valence-corrected chi connectivity index (χ4v) is 2.82. The zero-order valence-electron chi connectivity index (χ0n) is 17.0. The summed E-state index contributed by atoms with van der Waals surface area (Å²) in [5, 5.41) is 3.96. The highest BCUT2D eigenvalue weighted by Gasteiger charge is 2.11. The van der Waals surface area contributed by atoms with Crippen molar-refractivity contribution in [1.82, 2.24) is 9.99 Å². The van der Waals surface area contributed by atoms with E-state index in [0.29, 0.717) is 13.2 Å². The summed E-state index contributed by atoms with van der Waals surface area (Å²) in [5.74, 6) is 0.256. The van der Waals surface area contributed by atoms with E-state index in [2.05, 4.69) is 17.5 Å². The van der Waals surface area contributed by atoms with Crippen molar-refractivity contribution >= 4 is 12.1 Å². The number of carbonyl (C=O) groups is 1. The molecule has 0 radical (unpaired) electrons. The maximum atomic E-state index is 12.6. The normalized spacial score (nSPS) is 10.8. The number of rotatable bonds is 9. The average molecular weight is 403 g/mol. The highest BCUT2D eigenvalue weighted by atomic mass is 16.5. The summed E-state index contributed by atoms with van der Waals surface area (Å²) in [6, 6.07) is 20.2. The van der Waals surface area contributed by atoms with E-state index in [1.54, 1.807) is 12.3 Å². The Balaban J connectivity index is 1.61. The molecular weight excluding hydrogens is 378 g/mol. The third-order valence-electron chi connectivity index (χ3n) is 4.49. The fourth-order valence-electron chi connectivity index (χ4n) is 2.82. The van der Waals surface area contributed by atoms with Gasteiger partial charge in [0, 0.05) is 6.20 Å². The van der Waals surface area contributed by atoms with Gasteiger partial charge in [0.25, 0.3) is 11.5 Å². The van der Waals surface area contributed by atoms with Crippen LogP contribution in [0.1, 0.15) is 41.3 Å². The smallest absolute Gasteiger partial charge is 0.276 e. The summed E-state index contributed by atoms with van der Waals surface area (Å²) in [5.41, 5.74) is 3.91. The molecule has 154 valence electrons. The summed E-state index contributed by atoms with van der Waals surface area (Å²) in [6.45, 7) is 3.21. The highest BCUT2D eigenvalue weighted by molar-refractivity contribution is 5.94. The standard InChI is InChI=1S/C24H25N3O3/c1-2-3-16-30-21-13-11-19(12-14-21)17-25-26-23(28)22-10-7-15-27(24(22)29)18-20-8-5-4-6-9-20/h4-15,17H,2-3,16,18H2,1H3,(H,26,28)/b25-17-. The Morgan fingerprint density at radius 2 is 1.83 bits per heavy atom. The summed E-state index contributed by atoms with van der Waals surface area (Å²) in [4.78, 5) is 25.0. The molecule has 0 aliphatic heterocycles. The predicted molar refractivity (Wildman–Crippen MR) is 118 cm³/mol. The van der Waals surface area contributed by atoms with Gasteiger partial charge in [-0.2, -0.15) is 5.10 Å². The molecule has 0 atom stereocenters. The molecule has 0 saturated carbocycles. The average Bonchev–Trinajstić information content (AvgIpc) is 2.77. The maximum Gasteiger partial charge on any atom is 0.276 e. The van der Waals surface area contributed by atoms with Crippen molar-refractivity contribution in [2.24, 2.45) is 5.10 Å². The molecule has 3 rings (SSSR count). The van der Waals surface area contributed by atoms with Crippen molar-refractivity contribution < 1.29 is 9.53 Å². The lowest BCUT2D eigenvalue weighted by molar-refractivity contribution is 0.0953. The van der Waals surface area contributed by atoms with Crippen molar-refractivity contribution in [3.05, 3.63) is 100.0 Å². The second kappa shape index (κ2) is 10.8. The van der Waals surface area contributed by atoms with Crippen molar-refractivity contribution in [1.29, 1.82) is 0 Å². The quantitative estimate of drug-likeness (QED) is 0.335. The molecule has 1 heterocycles. The van der Waals surface area contributed by atoms with E-state index in [1.807, 2.05) is 54.6 Å². The van der Waals surface area contributed by atoms with E-state index in [1.165, 1.54) is 16.8 Å². The molecule has 1 aromatic heterocycles. The van der Waals surface area contributed by atoms with Gasteiger partial charge in [-0.15, -0.1) is 0 Å². The van der Waals surface area contributed by atoms with Crippen molar-refractivity contribution in [2.45, 2.75) is 26.3 Å². The fraction of sp³-hybridized carbons (Fsp3) is 0.208. The van der Waals surface area contributed by atoms with Crippen LogP contribution in [0.3, 0.4) is 0 Å². The molecule has 6 nitrogen and oxygen atoms in total. The molecule has 30 heavy (non-hydrogen) atoms. The van der Waals surface area contributed by atoms with Crippen molar-refractivity contribution in [3.63, 3.8) is 0 Å². The largest absolute Gasteiger partial charge is 0.494 e. The molecule has 0 unspecified atom stereocenters. The number of hydrogen-bond donors (Lipinski definition) is 1. The van der Waals surface area contributed by atoms with E-state index >= 15 is 0 Å². The first-order valence-electron chi connectivity index (χ1n) is 9.97. The number of benzene rings is 2. The third-order valence-corrected chi connectivity index (χ3v) is 4.49. The monoisotopic (exact) mass is 403 g/mol. The molecule has 0 saturated heterocycles. The lowest BCUT2D eigenvalue weighted by atomic mass is 10.2. The van der Waals surface area contributed by atoms with Gasteiger partial charge in [0.15, 0.2) is 0 Å². The van der Waals surface area contributed by atoms with Gasteiger partial charge in [-0.05, 0) is 53.9 Å². The number of hydrazone groups is 1. The number of amides is 1. The van der Waals surface area contributed by atoms with Gasteiger partial charge >= 0.3 is 0 Å². The molecule has 6 heteroatoms. The van der Waals surface area contributed by atoms with Crippen LogP contribution in [0.4, 0.5) is 0 Å². The second-order valence-electron chi connectivity index (χ2n) is 6.81. The van der Waals surface area contributed by atoms with Crippen LogP contribution >= 0.6 is 0 Å². The highest BCUT2D eigenvalue weighted by Crippen LogP contribution is 2.11. The van der Waals surface area contributed by atoms with Crippen molar-refractivity contribution in [2.75, 3.05) is 6.61 Å². The van der Waals surface area contributed by atoms with Crippen LogP contribution in [0, 0.1) is 0 Å². The Hall–Kier alpha value is -3.67. The summed E-state index contributed by atoms with van der Waals surface area (Å²) in [6.07, 6.45) is 5.30. The molecule has 0 aliphatic carbocycles. The molecule has 0 bridgehead atoms. The Bertz CT molecular complexity index is 1040. The van der Waals surface area contributed by atoms with E-state index in [4.69, 9.17) is 4.74 Å². The first-order valence-corrected chi connectivity index (χ1v) is 9.97. The molecule has 0 fully saturated rings. The Labute approximate surface area is 175 Å². The van der Waals surface area contributed by atoms with Gasteiger partial charge in [-0.25, -0.2) is 5.43 Å². The Kier molecular flexibility index (Phi) is 7.55. The molecule has 0 spiro atoms. The number of hydrogen-bond acceptors (Lipinski definition) is 4. The molecule has 1 N–H and O–H groups in total. The van der Waals surface area contributed by atoms with E-state index < -0.39 is 5.91 Å². The summed E-state index contributed by atoms with van der Waals surface area (Å²) < 4.78 is 7.12. The molecular formula is C24H25N3O3. The topological polar surface area (TPSA) is 72.7 Å². The third kappa shape index (κ3) is 5.91. The first kappa shape index (κ1) is 21.0. The van der Waals surface area contributed by atoms with Gasteiger partial charge in [-0.3, -0.25) is 9.59 Å². The van der Waals surface area contributed by atoms with Crippen LogP contribution in [0.5, 0.6) is 5.75 Å². The first-order chi connectivity index (χ1) is 14.7. The van der Waals surface area contributed by atoms with Crippen LogP contribution in [0.2, 0.25) is 0 Å². The van der Waals surface area contributed by atoms with Gasteiger partial charge in [-0.1, -0.05) is 43.7 Å². The van der Waals surface area contributed by atoms with Crippen LogP contribution in [0.15, 0.2) is 82.8 Å². The van der Waals surface area contributed by atoms with E-state index in [-0.39, 0.29) is 11.1 Å². The maximum absolute atomic E-state index is 12.6. The SMILES string of the molecule is CCCCOc1ccc(/C=N\NC(=O)c2cccn(Cc3ccccc3)c2=O)cc1. The lowest BCUT2D eigenvalue weighted by Crippen LogP contribution is -2.30. The zero-order valence-corrected chi connectivity index (χ0v) is 17.0. The minimum atomic E-state index is -0.543. The number of unbranched alkanes of at least 4 members (excludes halogenated alkanes) is 1. The van der Waals surface area contributed by atoms with Gasteiger partial charge < -0.3 is 9.30 Å². The number of ether oxygens (including phenoxy) is 1. The van der Waals surface area contributed by atoms with Crippen LogP contribution in [-0.2, 0) is 6.54 Å². The Morgan fingerprint density at radius 3 is 2.57 bits per heavy atom. The summed E-state index contributed by atoms with van der Waals surface area (Å²) >= 11 is 0. The minimum absolute atomic E-state index is 0.0465. The number of carbonyl (C=O) groups excluding carboxylic acids is 1. The number of nitrogens with zero attached hydrogens (tertiary/aromatic N) is 2. The van der Waals surface area contributed by atoms with Crippen molar-refractivity contribution in [3.8, 4) is 5.75 Å². The zero-order chi connectivity index (χ0) is 21.2. The minimum Gasteiger partial charge on any atom is -0.494 e. The van der Waals surface area contributed by atoms with Crippen LogP contribution in [-0.4, -0.2) is 23.3 Å². The summed E-state index contributed by atoms with van der Waals surface area (Å²) in [7, 11) is 0. The number of nitrogens with one attached hydrogen (secondary N) is 1. The molecule has 2 aromatic carbocycles. The van der Waals surface area contributed by atoms with Gasteiger partial charge in [0.05, 0.1) is 19.4 Å². The van der Waals surface area contributed by atoms with Gasteiger partial charge in [0.1, 0.15) is 11.3 Å². The van der Waals surface area contributed by atoms with Gasteiger partial charge in [0.2, 0.25) is 0 Å². The van der Waals surface area contributed by atoms with E-state index in [0.717, 1.165) is 29.7 Å². The number of aromatic nitrogens is 1. The van der Waals surface area contributed by atoms with E-state index in [9.17, 15) is 9.59 Å². The number of pyridine rings is 1. The Morgan fingerprint density at radius 1 is 1.07 bits per heavy atom. The van der Waals surface area contributed by atoms with Crippen LogP contribution < -0.4 is 15.7 Å². The molecule has 3 aromatic rings. The van der Waals surface area contributed by atoms with Crippen LogP contribution in [0.25, 0.3) is 0 Å². The molecule has 1 amide bonds. The second-order valence-corrected chi connectivity index (χ2v) is 6.81. The lowest BCUT2D eigenvalue weighted by Gasteiger charge is -2.07.